The van der Waals surface area contributed by atoms with Crippen LogP contribution in [0.2, 0.25) is 0 Å². The van der Waals surface area contributed by atoms with Crippen LogP contribution in [0.1, 0.15) is 123 Å². The predicted molar refractivity (Wildman–Crippen MR) is 218 cm³/mol. The second kappa shape index (κ2) is 20.0. The number of imidazole rings is 1. The lowest BCUT2D eigenvalue weighted by atomic mass is 10.1. The van der Waals surface area contributed by atoms with Crippen LogP contribution in [0.5, 0.6) is 0 Å². The zero-order valence-electron chi connectivity index (χ0n) is 37.6. The Labute approximate surface area is 353 Å². The average molecular weight is 868 g/mol. The van der Waals surface area contributed by atoms with Gasteiger partial charge in [-0.25, -0.2) is 38.8 Å². The van der Waals surface area contributed by atoms with Crippen LogP contribution in [0, 0.1) is 11.3 Å². The monoisotopic (exact) mass is 867 g/mol. The first-order chi connectivity index (χ1) is 27.5. The second-order valence-electron chi connectivity index (χ2n) is 18.3. The first-order valence-corrected chi connectivity index (χ1v) is 20.7. The summed E-state index contributed by atoms with van der Waals surface area (Å²) in [6, 6.07) is 1.98. The minimum atomic E-state index is -1.81. The third kappa shape index (κ3) is 14.6. The van der Waals surface area contributed by atoms with Gasteiger partial charge in [-0.1, -0.05) is 0 Å². The Balaban J connectivity index is 2.24. The maximum absolute atomic E-state index is 13.6. The molecule has 0 radical (unpaired) electrons. The number of fused-ring (bicyclic) bond motifs is 1. The number of hydrogen-bond donors (Lipinski definition) is 0. The molecule has 2 aromatic heterocycles. The zero-order chi connectivity index (χ0) is 45.5. The molecule has 1 aliphatic heterocycles. The fraction of sp³-hybridized carbons (Fsp3) is 0.744. The van der Waals surface area contributed by atoms with Gasteiger partial charge in [-0.15, -0.1) is 0 Å². The fourth-order valence-electron chi connectivity index (χ4n) is 5.61. The molecule has 3 rings (SSSR count). The predicted octanol–water partition coefficient (Wildman–Crippen LogP) is 8.33. The molecule has 2 unspecified atom stereocenters. The van der Waals surface area contributed by atoms with Crippen LogP contribution >= 0.6 is 8.53 Å². The highest BCUT2D eigenvalue weighted by Crippen LogP contribution is 2.47. The molecule has 2 aromatic rings. The number of imide groups is 1. The maximum atomic E-state index is 13.6. The van der Waals surface area contributed by atoms with Gasteiger partial charge in [0.15, 0.2) is 35.4 Å². The molecular weight excluding hydrogens is 805 g/mol. The van der Waals surface area contributed by atoms with Gasteiger partial charge in [0.2, 0.25) is 0 Å². The summed E-state index contributed by atoms with van der Waals surface area (Å²) < 4.78 is 56.4. The third-order valence-corrected chi connectivity index (χ3v) is 9.59. The van der Waals surface area contributed by atoms with Crippen molar-refractivity contribution < 1.29 is 61.4 Å². The van der Waals surface area contributed by atoms with Crippen LogP contribution in [-0.2, 0) is 42.2 Å². The van der Waals surface area contributed by atoms with E-state index in [2.05, 4.69) is 21.0 Å². The molecule has 0 N–H and O–H groups in total. The van der Waals surface area contributed by atoms with E-state index in [4.69, 9.17) is 42.2 Å². The highest BCUT2D eigenvalue weighted by Gasteiger charge is 2.53. The molecule has 0 aliphatic carbocycles. The first kappa shape index (κ1) is 49.9. The standard InChI is InChI=1S/C39H62N7O13P/c1-23(2)46(24(3)4)60(51-19-17-18-40)52-20-25-27(54-34(49)58-38(11,12)13)28(55-35(50)59-39(14,15)16)31(53-25)44-22-43-26-29(44)41-21-42-30(26)45(32(47)56-36(5,6)7)33(48)57-37(8,9)10/h21-25,27-28,31H,17,19-20H2,1-16H3/t25-,27+,28?,31-,60?/m0/s1. The molecule has 21 heteroatoms. The van der Waals surface area contributed by atoms with Gasteiger partial charge >= 0.3 is 24.5 Å². The molecule has 5 atom stereocenters. The molecule has 3 heterocycles. The Kier molecular flexibility index (Phi) is 16.6. The first-order valence-electron chi connectivity index (χ1n) is 19.6. The molecule has 0 spiro atoms. The molecule has 336 valence electrons. The molecule has 0 aromatic carbocycles. The van der Waals surface area contributed by atoms with Gasteiger partial charge in [-0.3, -0.25) is 4.57 Å². The smallest absolute Gasteiger partial charge is 0.443 e. The number of ether oxygens (including phenoxy) is 7. The summed E-state index contributed by atoms with van der Waals surface area (Å²) in [5, 5.41) is 9.22. The SMILES string of the molecule is CC(C)N(C(C)C)P(OCCC#N)OC[C@@H]1O[C@H](n2cnc3c(N(C(=O)OC(C)(C)C)C(=O)OC(C)(C)C)ncnc32)C(OC(=O)OC(C)(C)C)[C@@H]1OC(=O)OC(C)(C)C. The van der Waals surface area contributed by atoms with Crippen molar-refractivity contribution in [2.24, 2.45) is 0 Å². The summed E-state index contributed by atoms with van der Waals surface area (Å²) in [5.41, 5.74) is -4.06. The van der Waals surface area contributed by atoms with Gasteiger partial charge < -0.3 is 42.2 Å². The number of carbonyl (C=O) groups is 4. The van der Waals surface area contributed by atoms with Crippen molar-refractivity contribution in [3.8, 4) is 6.07 Å². The van der Waals surface area contributed by atoms with Crippen LogP contribution in [0.3, 0.4) is 0 Å². The third-order valence-electron chi connectivity index (χ3n) is 7.52. The molecule has 2 amide bonds. The van der Waals surface area contributed by atoms with Crippen LogP contribution in [-0.4, -0.2) is 115 Å². The lowest BCUT2D eigenvalue weighted by molar-refractivity contribution is -0.0868. The van der Waals surface area contributed by atoms with Gasteiger partial charge in [0, 0.05) is 12.1 Å². The van der Waals surface area contributed by atoms with Crippen molar-refractivity contribution in [2.45, 2.75) is 176 Å². The van der Waals surface area contributed by atoms with Crippen molar-refractivity contribution in [1.82, 2.24) is 24.2 Å². The quantitative estimate of drug-likeness (QED) is 0.0798. The van der Waals surface area contributed by atoms with Crippen LogP contribution in [0.15, 0.2) is 12.7 Å². The summed E-state index contributed by atoms with van der Waals surface area (Å²) >= 11 is 0. The molecule has 1 aliphatic rings. The van der Waals surface area contributed by atoms with Gasteiger partial charge in [0.05, 0.1) is 32.0 Å². The lowest BCUT2D eigenvalue weighted by Gasteiger charge is -2.36. The van der Waals surface area contributed by atoms with Gasteiger partial charge in [0.25, 0.3) is 8.53 Å². The van der Waals surface area contributed by atoms with Crippen molar-refractivity contribution in [2.75, 3.05) is 18.1 Å². The number of carbonyl (C=O) groups excluding carboxylic acids is 4. The van der Waals surface area contributed by atoms with E-state index in [-0.39, 0.29) is 48.7 Å². The number of aromatic nitrogens is 4. The van der Waals surface area contributed by atoms with E-state index in [1.807, 2.05) is 32.4 Å². The van der Waals surface area contributed by atoms with Gasteiger partial charge in [0.1, 0.15) is 34.8 Å². The highest BCUT2D eigenvalue weighted by molar-refractivity contribution is 7.44. The zero-order valence-corrected chi connectivity index (χ0v) is 38.5. The molecule has 1 saturated heterocycles. The molecule has 60 heavy (non-hydrogen) atoms. The fourth-order valence-corrected chi connectivity index (χ4v) is 7.22. The average Bonchev–Trinajstić information content (AvgIpc) is 3.61. The van der Waals surface area contributed by atoms with E-state index in [0.717, 1.165) is 6.33 Å². The Morgan fingerprint density at radius 2 is 1.27 bits per heavy atom. The Hall–Kier alpha value is -4.41. The minimum Gasteiger partial charge on any atom is -0.443 e. The van der Waals surface area contributed by atoms with Gasteiger partial charge in [-0.05, 0) is 111 Å². The number of nitrogens with zero attached hydrogens (tertiary/aromatic N) is 7. The van der Waals surface area contributed by atoms with E-state index in [1.54, 1.807) is 83.1 Å². The number of rotatable bonds is 13. The van der Waals surface area contributed by atoms with Crippen molar-refractivity contribution in [3.63, 3.8) is 0 Å². The van der Waals surface area contributed by atoms with E-state index in [1.165, 1.54) is 10.9 Å². The molecular formula is C39H62N7O13P. The molecule has 20 nitrogen and oxygen atoms in total. The lowest BCUT2D eigenvalue weighted by Crippen LogP contribution is -2.44. The molecule has 0 saturated carbocycles. The Morgan fingerprint density at radius 1 is 0.767 bits per heavy atom. The van der Waals surface area contributed by atoms with E-state index < -0.39 is 80.0 Å². The summed E-state index contributed by atoms with van der Waals surface area (Å²) in [7, 11) is -1.81. The normalized spacial score (nSPS) is 19.2. The molecule has 1 fully saturated rings. The van der Waals surface area contributed by atoms with E-state index in [9.17, 15) is 24.4 Å². The summed E-state index contributed by atoms with van der Waals surface area (Å²) in [4.78, 5) is 67.7. The number of nitriles is 1. The Morgan fingerprint density at radius 3 is 1.73 bits per heavy atom. The summed E-state index contributed by atoms with van der Waals surface area (Å²) in [5.74, 6) is -0.283. The second-order valence-corrected chi connectivity index (χ2v) is 19.8. The topological polar surface area (TPSA) is 225 Å². The maximum Gasteiger partial charge on any atom is 0.509 e. The minimum absolute atomic E-state index is 0.00497. The highest BCUT2D eigenvalue weighted by atomic mass is 31.2. The van der Waals surface area contributed by atoms with Crippen LogP contribution < -0.4 is 4.90 Å². The van der Waals surface area contributed by atoms with E-state index in [0.29, 0.717) is 4.90 Å². The van der Waals surface area contributed by atoms with Crippen LogP contribution in [0.4, 0.5) is 25.0 Å². The van der Waals surface area contributed by atoms with Crippen molar-refractivity contribution in [1.29, 1.82) is 5.26 Å². The summed E-state index contributed by atoms with van der Waals surface area (Å²) in [6.45, 7) is 27.4. The van der Waals surface area contributed by atoms with Crippen molar-refractivity contribution in [3.05, 3.63) is 12.7 Å². The van der Waals surface area contributed by atoms with Crippen LogP contribution in [0.25, 0.3) is 11.2 Å². The van der Waals surface area contributed by atoms with Crippen molar-refractivity contribution >= 4 is 50.0 Å². The number of hydrogen-bond acceptors (Lipinski definition) is 18. The Bertz CT molecular complexity index is 1800. The van der Waals surface area contributed by atoms with Gasteiger partial charge in [-0.2, -0.15) is 10.2 Å². The number of anilines is 1. The number of amides is 2. The van der Waals surface area contributed by atoms with E-state index >= 15 is 0 Å². The largest absolute Gasteiger partial charge is 0.509 e. The summed E-state index contributed by atoms with van der Waals surface area (Å²) in [6.07, 6.45) is -7.33. The molecule has 0 bridgehead atoms.